The Morgan fingerprint density at radius 3 is 2.32 bits per heavy atom. The lowest BCUT2D eigenvalue weighted by Gasteiger charge is -2.20. The molecular formula is C22H26N6O5S. The molecule has 0 radical (unpaired) electrons. The second kappa shape index (κ2) is 10.9. The average Bonchev–Trinajstić information content (AvgIpc) is 2.81. The van der Waals surface area contributed by atoms with Crippen molar-refractivity contribution in [1.29, 1.82) is 0 Å². The van der Waals surface area contributed by atoms with Crippen LogP contribution in [-0.2, 0) is 26.2 Å². The number of para-hydroxylation sites is 1. The number of esters is 1. The molecule has 3 aromatic rings. The van der Waals surface area contributed by atoms with Gasteiger partial charge in [0.15, 0.2) is 12.4 Å². The number of anilines is 3. The largest absolute Gasteiger partial charge is 0.497 e. The summed E-state index contributed by atoms with van der Waals surface area (Å²) in [6.07, 6.45) is 0. The van der Waals surface area contributed by atoms with Gasteiger partial charge in [0.05, 0.1) is 12.0 Å². The van der Waals surface area contributed by atoms with E-state index < -0.39 is 22.0 Å². The van der Waals surface area contributed by atoms with Crippen LogP contribution in [0.2, 0.25) is 0 Å². The number of aromatic nitrogens is 3. The zero-order chi connectivity index (χ0) is 24.7. The number of nitrogens with one attached hydrogen (secondary N) is 2. The molecule has 0 fully saturated rings. The molecule has 3 rings (SSSR count). The summed E-state index contributed by atoms with van der Waals surface area (Å²) >= 11 is 0. The molecule has 1 atom stereocenters. The van der Waals surface area contributed by atoms with Crippen molar-refractivity contribution < 1.29 is 22.7 Å². The number of rotatable bonds is 10. The maximum Gasteiger partial charge on any atom is 0.324 e. The van der Waals surface area contributed by atoms with Gasteiger partial charge in [0, 0.05) is 5.69 Å². The topological polar surface area (TPSA) is 158 Å². The molecule has 1 aromatic heterocycles. The van der Waals surface area contributed by atoms with E-state index in [0.29, 0.717) is 5.75 Å². The summed E-state index contributed by atoms with van der Waals surface area (Å²) in [5, 5.41) is 2.99. The zero-order valence-corrected chi connectivity index (χ0v) is 19.7. The van der Waals surface area contributed by atoms with Gasteiger partial charge >= 0.3 is 5.97 Å². The molecule has 0 bridgehead atoms. The Morgan fingerprint density at radius 2 is 1.71 bits per heavy atom. The Bertz CT molecular complexity index is 1220. The molecule has 1 heterocycles. The molecule has 0 aliphatic carbocycles. The van der Waals surface area contributed by atoms with Gasteiger partial charge in [-0.1, -0.05) is 32.0 Å². The first kappa shape index (κ1) is 24.9. The van der Waals surface area contributed by atoms with E-state index in [0.717, 1.165) is 5.69 Å². The van der Waals surface area contributed by atoms with E-state index in [1.165, 1.54) is 31.4 Å². The highest BCUT2D eigenvalue weighted by molar-refractivity contribution is 7.89. The fourth-order valence-corrected chi connectivity index (χ4v) is 4.21. The van der Waals surface area contributed by atoms with Crippen LogP contribution in [0.1, 0.15) is 19.7 Å². The maximum atomic E-state index is 12.8. The number of carbonyl (C=O) groups excluding carboxylic acids is 1. The Balaban J connectivity index is 1.69. The molecule has 0 saturated heterocycles. The number of carbonyl (C=O) groups is 1. The third-order valence-corrected chi connectivity index (χ3v) is 6.10. The monoisotopic (exact) mass is 486 g/mol. The van der Waals surface area contributed by atoms with Gasteiger partial charge in [-0.05, 0) is 42.3 Å². The number of hydrogen-bond acceptors (Lipinski definition) is 10. The average molecular weight is 487 g/mol. The summed E-state index contributed by atoms with van der Waals surface area (Å²) in [6.45, 7) is 3.08. The molecule has 0 amide bonds. The molecule has 11 nitrogen and oxygen atoms in total. The first-order valence-electron chi connectivity index (χ1n) is 10.3. The van der Waals surface area contributed by atoms with Crippen LogP contribution in [0.4, 0.5) is 17.6 Å². The fraction of sp³-hybridized carbons (Fsp3) is 0.273. The van der Waals surface area contributed by atoms with Gasteiger partial charge in [-0.3, -0.25) is 4.79 Å². The minimum absolute atomic E-state index is 0.00591. The van der Waals surface area contributed by atoms with Gasteiger partial charge in [0.25, 0.3) is 0 Å². The summed E-state index contributed by atoms with van der Waals surface area (Å²) < 4.78 is 38.3. The van der Waals surface area contributed by atoms with Crippen LogP contribution >= 0.6 is 0 Å². The van der Waals surface area contributed by atoms with Crippen LogP contribution in [0, 0.1) is 5.92 Å². The first-order valence-corrected chi connectivity index (χ1v) is 11.8. The van der Waals surface area contributed by atoms with E-state index in [-0.39, 0.29) is 35.1 Å². The number of nitrogen functional groups attached to an aromatic ring is 1. The van der Waals surface area contributed by atoms with E-state index in [2.05, 4.69) is 25.0 Å². The summed E-state index contributed by atoms with van der Waals surface area (Å²) in [7, 11) is -2.50. The third kappa shape index (κ3) is 6.62. The summed E-state index contributed by atoms with van der Waals surface area (Å²) in [6, 6.07) is 13.9. The highest BCUT2D eigenvalue weighted by Gasteiger charge is 2.30. The van der Waals surface area contributed by atoms with Crippen molar-refractivity contribution >= 4 is 33.6 Å². The third-order valence-electron chi connectivity index (χ3n) is 4.64. The van der Waals surface area contributed by atoms with Crippen molar-refractivity contribution in [2.24, 2.45) is 5.92 Å². The van der Waals surface area contributed by atoms with Gasteiger partial charge in [-0.2, -0.15) is 19.7 Å². The van der Waals surface area contributed by atoms with Crippen molar-refractivity contribution in [1.82, 2.24) is 19.7 Å². The summed E-state index contributed by atoms with van der Waals surface area (Å²) in [4.78, 5) is 24.9. The highest BCUT2D eigenvalue weighted by atomic mass is 32.2. The molecule has 4 N–H and O–H groups in total. The lowest BCUT2D eigenvalue weighted by molar-refractivity contribution is -0.148. The van der Waals surface area contributed by atoms with Gasteiger partial charge in [-0.25, -0.2) is 8.42 Å². The minimum Gasteiger partial charge on any atom is -0.497 e. The van der Waals surface area contributed by atoms with Crippen molar-refractivity contribution in [2.75, 3.05) is 18.2 Å². The molecule has 34 heavy (non-hydrogen) atoms. The standard InChI is InChI=1S/C22H26N6O5S/c1-14(2)19(28-34(30,31)17-11-9-16(32-3)10-12-17)20(29)33-13-18-25-21(23)27-22(26-18)24-15-7-5-4-6-8-15/h4-12,14,19,28H,13H2,1-3H3,(H3,23,24,25,26,27)/t19-/m0/s1. The van der Waals surface area contributed by atoms with Gasteiger partial charge in [0.1, 0.15) is 11.8 Å². The normalized spacial score (nSPS) is 12.2. The number of hydrogen-bond donors (Lipinski definition) is 3. The molecule has 0 aliphatic heterocycles. The zero-order valence-electron chi connectivity index (χ0n) is 18.9. The van der Waals surface area contributed by atoms with Crippen molar-refractivity contribution in [3.63, 3.8) is 0 Å². The number of nitrogens with zero attached hydrogens (tertiary/aromatic N) is 3. The quantitative estimate of drug-likeness (QED) is 0.363. The van der Waals surface area contributed by atoms with Gasteiger partial charge in [-0.15, -0.1) is 0 Å². The van der Waals surface area contributed by atoms with E-state index in [1.807, 2.05) is 30.3 Å². The predicted octanol–water partition coefficient (Wildman–Crippen LogP) is 2.25. The van der Waals surface area contributed by atoms with Crippen LogP contribution in [-0.4, -0.2) is 42.5 Å². The first-order chi connectivity index (χ1) is 16.2. The molecule has 0 unspecified atom stereocenters. The second-order valence-corrected chi connectivity index (χ2v) is 9.26. The molecule has 0 aliphatic rings. The van der Waals surface area contributed by atoms with E-state index in [9.17, 15) is 13.2 Å². The van der Waals surface area contributed by atoms with Crippen LogP contribution < -0.4 is 20.5 Å². The predicted molar refractivity (Wildman–Crippen MR) is 126 cm³/mol. The number of ether oxygens (including phenoxy) is 2. The molecule has 0 saturated carbocycles. The molecule has 12 heteroatoms. The summed E-state index contributed by atoms with van der Waals surface area (Å²) in [5.41, 5.74) is 6.49. The van der Waals surface area contributed by atoms with Gasteiger partial charge < -0.3 is 20.5 Å². The molecule has 2 aromatic carbocycles. The molecular weight excluding hydrogens is 460 g/mol. The fourth-order valence-electron chi connectivity index (χ4n) is 2.88. The Morgan fingerprint density at radius 1 is 1.03 bits per heavy atom. The van der Waals surface area contributed by atoms with Gasteiger partial charge in [0.2, 0.25) is 21.9 Å². The smallest absolute Gasteiger partial charge is 0.324 e. The summed E-state index contributed by atoms with van der Waals surface area (Å²) in [5.74, 6) is -0.412. The second-order valence-electron chi connectivity index (χ2n) is 7.55. The van der Waals surface area contributed by atoms with Crippen LogP contribution in [0.15, 0.2) is 59.5 Å². The molecule has 180 valence electrons. The lowest BCUT2D eigenvalue weighted by atomic mass is 10.1. The molecule has 0 spiro atoms. The van der Waals surface area contributed by atoms with Crippen LogP contribution in [0.3, 0.4) is 0 Å². The van der Waals surface area contributed by atoms with E-state index >= 15 is 0 Å². The highest BCUT2D eigenvalue weighted by Crippen LogP contribution is 2.18. The number of nitrogens with two attached hydrogens (primary N) is 1. The van der Waals surface area contributed by atoms with Crippen molar-refractivity contribution in [3.8, 4) is 5.75 Å². The Hall–Kier alpha value is -3.77. The van der Waals surface area contributed by atoms with Crippen molar-refractivity contribution in [3.05, 3.63) is 60.4 Å². The Kier molecular flexibility index (Phi) is 7.97. The Labute approximate surface area is 197 Å². The number of methoxy groups -OCH3 is 1. The SMILES string of the molecule is COc1ccc(S(=O)(=O)N[C@H](C(=O)OCc2nc(N)nc(Nc3ccccc3)n2)C(C)C)cc1. The van der Waals surface area contributed by atoms with E-state index in [1.54, 1.807) is 13.8 Å². The minimum atomic E-state index is -3.98. The van der Waals surface area contributed by atoms with Crippen LogP contribution in [0.25, 0.3) is 0 Å². The number of benzene rings is 2. The maximum absolute atomic E-state index is 12.8. The van der Waals surface area contributed by atoms with Crippen molar-refractivity contribution in [2.45, 2.75) is 31.4 Å². The van der Waals surface area contributed by atoms with Crippen LogP contribution in [0.5, 0.6) is 5.75 Å². The number of sulfonamides is 1. The van der Waals surface area contributed by atoms with E-state index in [4.69, 9.17) is 15.2 Å². The lowest BCUT2D eigenvalue weighted by Crippen LogP contribution is -2.45.